The predicted octanol–water partition coefficient (Wildman–Crippen LogP) is 4.21. The zero-order valence-corrected chi connectivity index (χ0v) is 15.7. The lowest BCUT2D eigenvalue weighted by Crippen LogP contribution is -2.35. The number of benzene rings is 2. The maximum Gasteiger partial charge on any atom is 0.254 e. The van der Waals surface area contributed by atoms with Crippen molar-refractivity contribution >= 4 is 11.6 Å². The van der Waals surface area contributed by atoms with Gasteiger partial charge in [0.2, 0.25) is 0 Å². The van der Waals surface area contributed by atoms with Gasteiger partial charge in [0.15, 0.2) is 23.3 Å². The Morgan fingerprint density at radius 1 is 1.07 bits per heavy atom. The fourth-order valence-corrected chi connectivity index (χ4v) is 3.48. The summed E-state index contributed by atoms with van der Waals surface area (Å²) in [5.74, 6) is -5.40. The summed E-state index contributed by atoms with van der Waals surface area (Å²) in [4.78, 5) is 21.2. The minimum Gasteiger partial charge on any atom is -0.306 e. The fourth-order valence-electron chi connectivity index (χ4n) is 3.36. The Morgan fingerprint density at radius 2 is 1.72 bits per heavy atom. The quantitative estimate of drug-likeness (QED) is 0.507. The van der Waals surface area contributed by atoms with Crippen molar-refractivity contribution in [2.75, 3.05) is 6.54 Å². The largest absolute Gasteiger partial charge is 0.306 e. The Kier molecular flexibility index (Phi) is 5.14. The molecule has 4 rings (SSSR count). The van der Waals surface area contributed by atoms with Gasteiger partial charge in [0, 0.05) is 47.4 Å². The van der Waals surface area contributed by atoms with Crippen LogP contribution >= 0.6 is 11.6 Å². The summed E-state index contributed by atoms with van der Waals surface area (Å²) in [6.45, 7) is 0.0441. The van der Waals surface area contributed by atoms with Gasteiger partial charge in [0.25, 0.3) is 5.56 Å². The van der Waals surface area contributed by atoms with Crippen molar-refractivity contribution in [3.63, 3.8) is 0 Å². The normalized spacial score (nSPS) is 14.1. The number of halogens is 5. The minimum absolute atomic E-state index is 0.108. The van der Waals surface area contributed by atoms with E-state index in [4.69, 9.17) is 11.6 Å². The molecule has 0 spiro atoms. The molecule has 0 saturated heterocycles. The Balaban J connectivity index is 1.65. The molecule has 3 aromatic rings. The average molecular weight is 424 g/mol. The van der Waals surface area contributed by atoms with Crippen LogP contribution in [0.3, 0.4) is 0 Å². The predicted molar refractivity (Wildman–Crippen MR) is 99.4 cm³/mol. The molecule has 0 aliphatic carbocycles. The highest BCUT2D eigenvalue weighted by Gasteiger charge is 2.25. The second-order valence-electron chi connectivity index (χ2n) is 6.75. The lowest BCUT2D eigenvalue weighted by Gasteiger charge is -2.28. The molecule has 2 heterocycles. The molecule has 2 aromatic carbocycles. The van der Waals surface area contributed by atoms with Gasteiger partial charge in [-0.3, -0.25) is 9.69 Å². The summed E-state index contributed by atoms with van der Waals surface area (Å²) >= 11 is 5.88. The van der Waals surface area contributed by atoms with Crippen LogP contribution < -0.4 is 5.56 Å². The summed E-state index contributed by atoms with van der Waals surface area (Å²) in [5.41, 5.74) is 0.589. The molecular formula is C20H14ClF4N3O. The standard InChI is InChI=1S/C20H14ClF4N3O/c21-11-3-1-10(2-4-11)19-26-16-9-28(6-5-12(16)20(29)27-19)8-13-17(24)14(22)7-15(23)18(13)25/h1-4,7H,5-6,8-9H2,(H,26,27,29). The zero-order chi connectivity index (χ0) is 20.7. The number of fused-ring (bicyclic) bond motifs is 1. The van der Waals surface area contributed by atoms with Crippen molar-refractivity contribution in [2.24, 2.45) is 0 Å². The number of H-pyrrole nitrogens is 1. The molecule has 150 valence electrons. The maximum atomic E-state index is 14.0. The molecule has 0 fully saturated rings. The first-order valence-corrected chi connectivity index (χ1v) is 9.13. The van der Waals surface area contributed by atoms with Crippen LogP contribution in [0.4, 0.5) is 17.6 Å². The summed E-state index contributed by atoms with van der Waals surface area (Å²) in [6.07, 6.45) is 0.291. The third kappa shape index (κ3) is 3.77. The van der Waals surface area contributed by atoms with E-state index in [9.17, 15) is 22.4 Å². The molecule has 0 bridgehead atoms. The second-order valence-corrected chi connectivity index (χ2v) is 7.19. The fraction of sp³-hybridized carbons (Fsp3) is 0.200. The van der Waals surface area contributed by atoms with E-state index in [0.717, 1.165) is 0 Å². The topological polar surface area (TPSA) is 49.0 Å². The third-order valence-corrected chi connectivity index (χ3v) is 5.11. The molecule has 0 unspecified atom stereocenters. The van der Waals surface area contributed by atoms with Gasteiger partial charge in [-0.15, -0.1) is 0 Å². The molecule has 0 amide bonds. The Labute approximate surface area is 167 Å². The molecule has 1 aliphatic rings. The molecule has 29 heavy (non-hydrogen) atoms. The molecule has 1 aliphatic heterocycles. The molecular weight excluding hydrogens is 410 g/mol. The van der Waals surface area contributed by atoms with E-state index < -0.39 is 28.8 Å². The highest BCUT2D eigenvalue weighted by atomic mass is 35.5. The lowest BCUT2D eigenvalue weighted by atomic mass is 10.0. The maximum absolute atomic E-state index is 14.0. The third-order valence-electron chi connectivity index (χ3n) is 4.85. The second kappa shape index (κ2) is 7.61. The molecule has 4 nitrogen and oxygen atoms in total. The molecule has 0 saturated carbocycles. The summed E-state index contributed by atoms with van der Waals surface area (Å²) in [5, 5.41) is 0.534. The smallest absolute Gasteiger partial charge is 0.254 e. The monoisotopic (exact) mass is 423 g/mol. The highest BCUT2D eigenvalue weighted by Crippen LogP contribution is 2.24. The van der Waals surface area contributed by atoms with Crippen LogP contribution in [0.1, 0.15) is 16.8 Å². The average Bonchev–Trinajstić information content (AvgIpc) is 2.70. The van der Waals surface area contributed by atoms with Crippen molar-refractivity contribution < 1.29 is 17.6 Å². The van der Waals surface area contributed by atoms with Crippen molar-refractivity contribution in [3.8, 4) is 11.4 Å². The van der Waals surface area contributed by atoms with Crippen LogP contribution in [-0.4, -0.2) is 21.4 Å². The van der Waals surface area contributed by atoms with Crippen LogP contribution in [0.5, 0.6) is 0 Å². The van der Waals surface area contributed by atoms with Crippen LogP contribution in [0, 0.1) is 23.3 Å². The van der Waals surface area contributed by atoms with E-state index in [1.165, 1.54) is 0 Å². The van der Waals surface area contributed by atoms with Gasteiger partial charge in [-0.05, 0) is 30.7 Å². The molecule has 9 heteroatoms. The summed E-state index contributed by atoms with van der Waals surface area (Å²) in [6, 6.07) is 6.90. The van der Waals surface area contributed by atoms with Gasteiger partial charge in [0.1, 0.15) is 5.82 Å². The van der Waals surface area contributed by atoms with Crippen LogP contribution in [0.25, 0.3) is 11.4 Å². The Hall–Kier alpha value is -2.71. The van der Waals surface area contributed by atoms with Crippen molar-refractivity contribution in [2.45, 2.75) is 19.5 Å². The molecule has 1 N–H and O–H groups in total. The van der Waals surface area contributed by atoms with E-state index in [2.05, 4.69) is 9.97 Å². The van der Waals surface area contributed by atoms with E-state index in [0.29, 0.717) is 34.1 Å². The van der Waals surface area contributed by atoms with Gasteiger partial charge in [-0.1, -0.05) is 11.6 Å². The number of aromatic nitrogens is 2. The van der Waals surface area contributed by atoms with Gasteiger partial charge in [-0.25, -0.2) is 22.5 Å². The number of rotatable bonds is 3. The summed E-state index contributed by atoms with van der Waals surface area (Å²) < 4.78 is 54.9. The first kappa shape index (κ1) is 19.6. The van der Waals surface area contributed by atoms with Crippen LogP contribution in [-0.2, 0) is 19.5 Å². The van der Waals surface area contributed by atoms with Gasteiger partial charge >= 0.3 is 0 Å². The molecule has 0 atom stereocenters. The van der Waals surface area contributed by atoms with Crippen LogP contribution in [0.2, 0.25) is 5.02 Å². The first-order chi connectivity index (χ1) is 13.8. The minimum atomic E-state index is -1.45. The van der Waals surface area contributed by atoms with Crippen molar-refractivity contribution in [1.29, 1.82) is 0 Å². The number of nitrogens with one attached hydrogen (secondary N) is 1. The van der Waals surface area contributed by atoms with Gasteiger partial charge < -0.3 is 4.98 Å². The zero-order valence-electron chi connectivity index (χ0n) is 14.9. The summed E-state index contributed by atoms with van der Waals surface area (Å²) in [7, 11) is 0. The van der Waals surface area contributed by atoms with E-state index >= 15 is 0 Å². The van der Waals surface area contributed by atoms with E-state index in [1.807, 2.05) is 0 Å². The Morgan fingerprint density at radius 3 is 2.38 bits per heavy atom. The SMILES string of the molecule is O=c1[nH]c(-c2ccc(Cl)cc2)nc2c1CCN(Cc1c(F)c(F)cc(F)c1F)C2. The van der Waals surface area contributed by atoms with Gasteiger partial charge in [0.05, 0.1) is 5.69 Å². The number of aromatic amines is 1. The molecule has 0 radical (unpaired) electrons. The Bertz CT molecular complexity index is 1120. The molecule has 1 aromatic heterocycles. The number of hydrogen-bond donors (Lipinski definition) is 1. The van der Waals surface area contributed by atoms with Crippen molar-refractivity contribution in [3.05, 3.63) is 85.8 Å². The van der Waals surface area contributed by atoms with Crippen molar-refractivity contribution in [1.82, 2.24) is 14.9 Å². The number of hydrogen-bond acceptors (Lipinski definition) is 3. The number of nitrogens with zero attached hydrogens (tertiary/aromatic N) is 2. The van der Waals surface area contributed by atoms with Crippen LogP contribution in [0.15, 0.2) is 35.1 Å². The van der Waals surface area contributed by atoms with E-state index in [-0.39, 0.29) is 31.3 Å². The van der Waals surface area contributed by atoms with Gasteiger partial charge in [-0.2, -0.15) is 0 Å². The highest BCUT2D eigenvalue weighted by molar-refractivity contribution is 6.30. The lowest BCUT2D eigenvalue weighted by molar-refractivity contribution is 0.231. The van der Waals surface area contributed by atoms with E-state index in [1.54, 1.807) is 29.2 Å². The first-order valence-electron chi connectivity index (χ1n) is 8.75.